The third-order valence-corrected chi connectivity index (χ3v) is 4.74. The van der Waals surface area contributed by atoms with Crippen LogP contribution in [0.1, 0.15) is 10.5 Å². The number of benzene rings is 2. The van der Waals surface area contributed by atoms with Crippen LogP contribution in [0.2, 0.25) is 5.02 Å². The van der Waals surface area contributed by atoms with E-state index in [2.05, 4.69) is 10.6 Å². The molecule has 0 aliphatic carbocycles. The summed E-state index contributed by atoms with van der Waals surface area (Å²) in [6, 6.07) is 16.0. The number of nitrogens with zero attached hydrogens (tertiary/aromatic N) is 1. The van der Waals surface area contributed by atoms with Gasteiger partial charge < -0.3 is 4.52 Å². The summed E-state index contributed by atoms with van der Waals surface area (Å²) in [5, 5.41) is 4.04. The van der Waals surface area contributed by atoms with Crippen LogP contribution in [-0.4, -0.2) is 19.5 Å². The highest BCUT2D eigenvalue weighted by atomic mass is 35.5. The lowest BCUT2D eigenvalue weighted by Gasteiger charge is -2.07. The molecule has 2 aromatic carbocycles. The number of amides is 1. The molecular formula is C16H12ClN3O4S. The average molecular weight is 378 g/mol. The zero-order valence-electron chi connectivity index (χ0n) is 12.6. The van der Waals surface area contributed by atoms with E-state index in [1.54, 1.807) is 12.1 Å². The highest BCUT2D eigenvalue weighted by molar-refractivity contribution is 7.89. The van der Waals surface area contributed by atoms with Gasteiger partial charge in [-0.1, -0.05) is 47.1 Å². The number of carbonyl (C=O) groups excluding carboxylic acids is 1. The van der Waals surface area contributed by atoms with Crippen molar-refractivity contribution < 1.29 is 17.7 Å². The SMILES string of the molecule is O=C(NNS(=O)(=O)c1ccc(Cl)cc1)c1cc(-c2ccccc2)on1. The number of sulfonamides is 1. The molecule has 25 heavy (non-hydrogen) atoms. The van der Waals surface area contributed by atoms with Crippen LogP contribution in [-0.2, 0) is 10.0 Å². The first-order chi connectivity index (χ1) is 12.0. The molecule has 3 rings (SSSR count). The Bertz CT molecular complexity index is 986. The molecule has 0 aliphatic rings. The van der Waals surface area contributed by atoms with Crippen LogP contribution < -0.4 is 10.3 Å². The van der Waals surface area contributed by atoms with Crippen molar-refractivity contribution in [2.75, 3.05) is 0 Å². The normalized spacial score (nSPS) is 11.2. The fourth-order valence-electron chi connectivity index (χ4n) is 1.97. The Kier molecular flexibility index (Phi) is 4.84. The number of rotatable bonds is 5. The number of hydrazine groups is 1. The summed E-state index contributed by atoms with van der Waals surface area (Å²) in [6.07, 6.45) is 0. The highest BCUT2D eigenvalue weighted by Gasteiger charge is 2.18. The summed E-state index contributed by atoms with van der Waals surface area (Å²) in [5.74, 6) is -0.352. The molecule has 0 fully saturated rings. The van der Waals surface area contributed by atoms with E-state index in [-0.39, 0.29) is 10.6 Å². The number of hydrogen-bond donors (Lipinski definition) is 2. The topological polar surface area (TPSA) is 101 Å². The second kappa shape index (κ2) is 7.06. The maximum Gasteiger partial charge on any atom is 0.288 e. The summed E-state index contributed by atoms with van der Waals surface area (Å²) < 4.78 is 29.3. The molecule has 0 atom stereocenters. The molecule has 0 aliphatic heterocycles. The number of nitrogens with one attached hydrogen (secondary N) is 2. The molecule has 0 bridgehead atoms. The van der Waals surface area contributed by atoms with Gasteiger partial charge in [-0.3, -0.25) is 10.2 Å². The van der Waals surface area contributed by atoms with Gasteiger partial charge in [0.2, 0.25) is 0 Å². The van der Waals surface area contributed by atoms with Crippen LogP contribution in [0, 0.1) is 0 Å². The fourth-order valence-corrected chi connectivity index (χ4v) is 2.94. The molecule has 2 N–H and O–H groups in total. The van der Waals surface area contributed by atoms with E-state index < -0.39 is 15.9 Å². The van der Waals surface area contributed by atoms with Crippen LogP contribution >= 0.6 is 11.6 Å². The van der Waals surface area contributed by atoms with Crippen LogP contribution in [0.15, 0.2) is 70.1 Å². The minimum absolute atomic E-state index is 0.0395. The lowest BCUT2D eigenvalue weighted by molar-refractivity contribution is 0.0936. The van der Waals surface area contributed by atoms with Gasteiger partial charge in [0.1, 0.15) is 0 Å². The zero-order chi connectivity index (χ0) is 17.9. The maximum atomic E-state index is 12.1. The second-order valence-electron chi connectivity index (χ2n) is 4.96. The Hall–Kier alpha value is -2.68. The van der Waals surface area contributed by atoms with E-state index in [9.17, 15) is 13.2 Å². The van der Waals surface area contributed by atoms with Crippen LogP contribution in [0.25, 0.3) is 11.3 Å². The summed E-state index contributed by atoms with van der Waals surface area (Å²) >= 11 is 5.72. The van der Waals surface area contributed by atoms with Crippen molar-refractivity contribution in [3.63, 3.8) is 0 Å². The third kappa shape index (κ3) is 4.05. The molecule has 128 valence electrons. The van der Waals surface area contributed by atoms with Gasteiger partial charge in [0, 0.05) is 16.7 Å². The Morgan fingerprint density at radius 3 is 2.40 bits per heavy atom. The largest absolute Gasteiger partial charge is 0.355 e. The first-order valence-electron chi connectivity index (χ1n) is 7.05. The van der Waals surface area contributed by atoms with Gasteiger partial charge in [-0.2, -0.15) is 0 Å². The van der Waals surface area contributed by atoms with E-state index in [0.717, 1.165) is 5.56 Å². The van der Waals surface area contributed by atoms with E-state index in [4.69, 9.17) is 16.1 Å². The van der Waals surface area contributed by atoms with Crippen LogP contribution in [0.3, 0.4) is 0 Å². The fraction of sp³-hybridized carbons (Fsp3) is 0. The van der Waals surface area contributed by atoms with Crippen molar-refractivity contribution in [1.29, 1.82) is 0 Å². The van der Waals surface area contributed by atoms with Gasteiger partial charge >= 0.3 is 0 Å². The van der Waals surface area contributed by atoms with E-state index in [1.807, 2.05) is 23.0 Å². The predicted octanol–water partition coefficient (Wildman–Crippen LogP) is 2.62. The summed E-state index contributed by atoms with van der Waals surface area (Å²) in [6.45, 7) is 0. The lowest BCUT2D eigenvalue weighted by Crippen LogP contribution is -2.41. The summed E-state index contributed by atoms with van der Waals surface area (Å²) in [4.78, 5) is 14.0. The van der Waals surface area contributed by atoms with Crippen molar-refractivity contribution in [1.82, 2.24) is 15.4 Å². The minimum Gasteiger partial charge on any atom is -0.355 e. The molecule has 1 amide bonds. The van der Waals surface area contributed by atoms with Crippen molar-refractivity contribution in [2.45, 2.75) is 4.90 Å². The molecule has 0 saturated heterocycles. The highest BCUT2D eigenvalue weighted by Crippen LogP contribution is 2.19. The first kappa shape index (κ1) is 17.2. The molecule has 1 aromatic heterocycles. The van der Waals surface area contributed by atoms with Crippen molar-refractivity contribution >= 4 is 27.5 Å². The third-order valence-electron chi connectivity index (χ3n) is 3.22. The molecule has 0 radical (unpaired) electrons. The second-order valence-corrected chi connectivity index (χ2v) is 7.07. The van der Waals surface area contributed by atoms with Crippen molar-refractivity contribution in [2.24, 2.45) is 0 Å². The van der Waals surface area contributed by atoms with Crippen LogP contribution in [0.5, 0.6) is 0 Å². The van der Waals surface area contributed by atoms with Gasteiger partial charge in [0.25, 0.3) is 15.9 Å². The summed E-state index contributed by atoms with van der Waals surface area (Å²) in [7, 11) is -3.92. The average Bonchev–Trinajstić information content (AvgIpc) is 3.11. The van der Waals surface area contributed by atoms with Gasteiger partial charge in [0.05, 0.1) is 4.90 Å². The molecule has 9 heteroatoms. The predicted molar refractivity (Wildman–Crippen MR) is 91.2 cm³/mol. The van der Waals surface area contributed by atoms with Gasteiger partial charge in [-0.15, -0.1) is 4.83 Å². The Balaban J connectivity index is 1.69. The van der Waals surface area contributed by atoms with Crippen molar-refractivity contribution in [3.8, 4) is 11.3 Å². The number of carbonyl (C=O) groups is 1. The van der Waals surface area contributed by atoms with E-state index >= 15 is 0 Å². The maximum absolute atomic E-state index is 12.1. The monoisotopic (exact) mass is 377 g/mol. The molecule has 1 heterocycles. The minimum atomic E-state index is -3.92. The molecule has 0 spiro atoms. The molecule has 0 unspecified atom stereocenters. The summed E-state index contributed by atoms with van der Waals surface area (Å²) in [5.41, 5.74) is 2.77. The Morgan fingerprint density at radius 1 is 1.04 bits per heavy atom. The molecule has 7 nitrogen and oxygen atoms in total. The van der Waals surface area contributed by atoms with Crippen LogP contribution in [0.4, 0.5) is 0 Å². The lowest BCUT2D eigenvalue weighted by atomic mass is 10.2. The molecule has 0 saturated carbocycles. The Morgan fingerprint density at radius 2 is 1.72 bits per heavy atom. The standard InChI is InChI=1S/C16H12ClN3O4S/c17-12-6-8-13(9-7-12)25(22,23)20-18-16(21)14-10-15(24-19-14)11-4-2-1-3-5-11/h1-10,20H,(H,18,21). The quantitative estimate of drug-likeness (QED) is 0.665. The van der Waals surface area contributed by atoms with Crippen molar-refractivity contribution in [3.05, 3.63) is 71.4 Å². The molecular weight excluding hydrogens is 366 g/mol. The molecule has 3 aromatic rings. The van der Waals surface area contributed by atoms with E-state index in [1.165, 1.54) is 30.3 Å². The Labute approximate surface area is 148 Å². The first-order valence-corrected chi connectivity index (χ1v) is 8.92. The van der Waals surface area contributed by atoms with E-state index in [0.29, 0.717) is 10.8 Å². The van der Waals surface area contributed by atoms with Gasteiger partial charge in [0.15, 0.2) is 11.5 Å². The number of hydrogen-bond acceptors (Lipinski definition) is 5. The number of aromatic nitrogens is 1. The van der Waals surface area contributed by atoms with Gasteiger partial charge in [-0.05, 0) is 24.3 Å². The number of halogens is 1. The smallest absolute Gasteiger partial charge is 0.288 e. The van der Waals surface area contributed by atoms with Gasteiger partial charge in [-0.25, -0.2) is 8.42 Å². The zero-order valence-corrected chi connectivity index (χ0v) is 14.2.